The first kappa shape index (κ1) is 21.6. The molecule has 3 atom stereocenters. The summed E-state index contributed by atoms with van der Waals surface area (Å²) >= 11 is 0. The number of carbonyl (C=O) groups is 1. The van der Waals surface area contributed by atoms with Crippen molar-refractivity contribution in [3.63, 3.8) is 0 Å². The van der Waals surface area contributed by atoms with E-state index in [4.69, 9.17) is 5.11 Å². The lowest BCUT2D eigenvalue weighted by atomic mass is 10.0. The summed E-state index contributed by atoms with van der Waals surface area (Å²) in [6.07, 6.45) is -3.42. The van der Waals surface area contributed by atoms with Crippen molar-refractivity contribution in [2.75, 3.05) is 26.2 Å². The van der Waals surface area contributed by atoms with Crippen LogP contribution >= 0.6 is 0 Å². The average Bonchev–Trinajstić information content (AvgIpc) is 3.37. The van der Waals surface area contributed by atoms with E-state index in [1.54, 1.807) is 6.07 Å². The zero-order valence-corrected chi connectivity index (χ0v) is 17.0. The minimum atomic E-state index is -4.34. The van der Waals surface area contributed by atoms with Gasteiger partial charge in [-0.05, 0) is 41.7 Å². The van der Waals surface area contributed by atoms with E-state index in [1.165, 1.54) is 17.7 Å². The highest BCUT2D eigenvalue weighted by molar-refractivity contribution is 5.65. The second kappa shape index (κ2) is 8.88. The van der Waals surface area contributed by atoms with Gasteiger partial charge in [-0.2, -0.15) is 13.2 Å². The summed E-state index contributed by atoms with van der Waals surface area (Å²) in [6.45, 7) is 3.38. The minimum absolute atomic E-state index is 0.0153. The lowest BCUT2D eigenvalue weighted by Crippen LogP contribution is -2.37. The fraction of sp³-hybridized carbons (Fsp3) is 0.435. The van der Waals surface area contributed by atoms with E-state index < -0.39 is 17.8 Å². The average molecular weight is 433 g/mol. The van der Waals surface area contributed by atoms with E-state index in [0.717, 1.165) is 50.7 Å². The third-order valence-corrected chi connectivity index (χ3v) is 6.09. The van der Waals surface area contributed by atoms with Gasteiger partial charge in [0.25, 0.3) is 0 Å². The van der Waals surface area contributed by atoms with Crippen LogP contribution in [0.5, 0.6) is 0 Å². The molecule has 2 fully saturated rings. The molecule has 1 amide bonds. The second-order valence-corrected chi connectivity index (χ2v) is 8.34. The minimum Gasteiger partial charge on any atom is -0.465 e. The molecule has 2 aromatic carbocycles. The number of nitrogens with zero attached hydrogens (tertiary/aromatic N) is 1. The van der Waals surface area contributed by atoms with Gasteiger partial charge in [-0.1, -0.05) is 36.4 Å². The molecular weight excluding hydrogens is 407 g/mol. The monoisotopic (exact) mass is 433 g/mol. The zero-order valence-electron chi connectivity index (χ0n) is 17.0. The Balaban J connectivity index is 1.25. The fourth-order valence-electron chi connectivity index (χ4n) is 4.32. The smallest absolute Gasteiger partial charge is 0.416 e. The lowest BCUT2D eigenvalue weighted by Gasteiger charge is -2.16. The molecule has 8 heteroatoms. The summed E-state index contributed by atoms with van der Waals surface area (Å²) in [5.74, 6) is 0.426. The van der Waals surface area contributed by atoms with Crippen LogP contribution in [0.25, 0.3) is 11.1 Å². The van der Waals surface area contributed by atoms with E-state index in [2.05, 4.69) is 15.5 Å². The van der Waals surface area contributed by atoms with Gasteiger partial charge in [-0.25, -0.2) is 4.79 Å². The molecule has 1 saturated heterocycles. The van der Waals surface area contributed by atoms with E-state index in [9.17, 15) is 18.0 Å². The molecule has 0 bridgehead atoms. The number of rotatable bonds is 7. The predicted octanol–water partition coefficient (Wildman–Crippen LogP) is 4.16. The molecular formula is C23H26F3N3O2. The molecule has 0 spiro atoms. The topological polar surface area (TPSA) is 64.6 Å². The Kier molecular flexibility index (Phi) is 6.20. The number of carboxylic acid groups (broad SMARTS) is 1. The molecule has 1 aliphatic heterocycles. The van der Waals surface area contributed by atoms with E-state index in [0.29, 0.717) is 17.5 Å². The number of amides is 1. The van der Waals surface area contributed by atoms with Crippen LogP contribution in [0.2, 0.25) is 0 Å². The van der Waals surface area contributed by atoms with Gasteiger partial charge >= 0.3 is 12.3 Å². The Morgan fingerprint density at radius 1 is 1.13 bits per heavy atom. The number of nitrogens with one attached hydrogen (secondary N) is 2. The normalized spacial score (nSPS) is 23.6. The van der Waals surface area contributed by atoms with Crippen molar-refractivity contribution in [3.8, 4) is 11.1 Å². The van der Waals surface area contributed by atoms with Gasteiger partial charge in [-0.15, -0.1) is 0 Å². The van der Waals surface area contributed by atoms with Crippen molar-refractivity contribution in [3.05, 3.63) is 59.7 Å². The maximum Gasteiger partial charge on any atom is 0.416 e. The molecule has 0 aromatic heterocycles. The first-order valence-corrected chi connectivity index (χ1v) is 10.5. The number of halogens is 3. The van der Waals surface area contributed by atoms with E-state index in [-0.39, 0.29) is 6.04 Å². The van der Waals surface area contributed by atoms with Gasteiger partial charge < -0.3 is 15.7 Å². The Labute approximate surface area is 179 Å². The van der Waals surface area contributed by atoms with Crippen LogP contribution in [0.3, 0.4) is 0 Å². The summed E-state index contributed by atoms with van der Waals surface area (Å²) in [5.41, 5.74) is 1.90. The SMILES string of the molecule is O=C(O)NC1CCN(CCNC2CC2c2ccc(-c3cccc(C(F)(F)F)c3)cc2)C1. The van der Waals surface area contributed by atoms with Gasteiger partial charge in [0.05, 0.1) is 5.56 Å². The van der Waals surface area contributed by atoms with Gasteiger partial charge in [0, 0.05) is 44.2 Å². The lowest BCUT2D eigenvalue weighted by molar-refractivity contribution is -0.137. The van der Waals surface area contributed by atoms with Gasteiger partial charge in [0.15, 0.2) is 0 Å². The van der Waals surface area contributed by atoms with E-state index >= 15 is 0 Å². The Morgan fingerprint density at radius 3 is 2.61 bits per heavy atom. The van der Waals surface area contributed by atoms with Crippen LogP contribution in [-0.2, 0) is 6.18 Å². The quantitative estimate of drug-likeness (QED) is 0.614. The standard InChI is InChI=1S/C23H26F3N3O2/c24-23(25,26)18-3-1-2-17(12-18)15-4-6-16(7-5-15)20-13-21(20)27-9-11-29-10-8-19(14-29)28-22(30)31/h1-7,12,19-21,27-28H,8-11,13-14H2,(H,30,31). The highest BCUT2D eigenvalue weighted by Gasteiger charge is 2.38. The van der Waals surface area contributed by atoms with Crippen LogP contribution < -0.4 is 10.6 Å². The Morgan fingerprint density at radius 2 is 1.90 bits per heavy atom. The summed E-state index contributed by atoms with van der Waals surface area (Å²) in [5, 5.41) is 14.9. The maximum absolute atomic E-state index is 12.9. The molecule has 166 valence electrons. The van der Waals surface area contributed by atoms with Crippen molar-refractivity contribution < 1.29 is 23.1 Å². The molecule has 2 aromatic rings. The molecule has 1 saturated carbocycles. The van der Waals surface area contributed by atoms with E-state index in [1.807, 2.05) is 24.3 Å². The van der Waals surface area contributed by atoms with Crippen LogP contribution in [0.4, 0.5) is 18.0 Å². The Bertz CT molecular complexity index is 917. The van der Waals surface area contributed by atoms with Crippen LogP contribution in [0.1, 0.15) is 29.9 Å². The molecule has 0 radical (unpaired) electrons. The number of alkyl halides is 3. The summed E-state index contributed by atoms with van der Waals surface area (Å²) in [7, 11) is 0. The molecule has 5 nitrogen and oxygen atoms in total. The third-order valence-electron chi connectivity index (χ3n) is 6.09. The summed E-state index contributed by atoms with van der Waals surface area (Å²) < 4.78 is 38.8. The van der Waals surface area contributed by atoms with Crippen molar-refractivity contribution in [1.29, 1.82) is 0 Å². The highest BCUT2D eigenvalue weighted by Crippen LogP contribution is 2.41. The van der Waals surface area contributed by atoms with Gasteiger partial charge in [0.1, 0.15) is 0 Å². The third kappa shape index (κ3) is 5.57. The van der Waals surface area contributed by atoms with Crippen LogP contribution in [0.15, 0.2) is 48.5 Å². The number of hydrogen-bond acceptors (Lipinski definition) is 3. The molecule has 1 heterocycles. The number of likely N-dealkylation sites (tertiary alicyclic amines) is 1. The van der Waals surface area contributed by atoms with Crippen molar-refractivity contribution >= 4 is 6.09 Å². The molecule has 31 heavy (non-hydrogen) atoms. The molecule has 1 aliphatic carbocycles. The molecule has 2 aliphatic rings. The molecule has 4 rings (SSSR count). The fourth-order valence-corrected chi connectivity index (χ4v) is 4.32. The number of hydrogen-bond donors (Lipinski definition) is 3. The van der Waals surface area contributed by atoms with Gasteiger partial charge in [-0.3, -0.25) is 4.90 Å². The maximum atomic E-state index is 12.9. The summed E-state index contributed by atoms with van der Waals surface area (Å²) in [6, 6.07) is 13.6. The van der Waals surface area contributed by atoms with Crippen molar-refractivity contribution in [2.45, 2.75) is 37.0 Å². The molecule has 3 N–H and O–H groups in total. The second-order valence-electron chi connectivity index (χ2n) is 8.34. The van der Waals surface area contributed by atoms with Crippen molar-refractivity contribution in [1.82, 2.24) is 15.5 Å². The zero-order chi connectivity index (χ0) is 22.0. The number of benzene rings is 2. The Hall–Kier alpha value is -2.58. The molecule has 3 unspecified atom stereocenters. The highest BCUT2D eigenvalue weighted by atomic mass is 19.4. The van der Waals surface area contributed by atoms with Crippen LogP contribution in [0, 0.1) is 0 Å². The largest absolute Gasteiger partial charge is 0.465 e. The predicted molar refractivity (Wildman–Crippen MR) is 112 cm³/mol. The first-order chi connectivity index (χ1) is 14.8. The van der Waals surface area contributed by atoms with Crippen LogP contribution in [-0.4, -0.2) is 54.4 Å². The first-order valence-electron chi connectivity index (χ1n) is 10.5. The van der Waals surface area contributed by atoms with Crippen molar-refractivity contribution in [2.24, 2.45) is 0 Å². The summed E-state index contributed by atoms with van der Waals surface area (Å²) in [4.78, 5) is 13.0. The van der Waals surface area contributed by atoms with Gasteiger partial charge in [0.2, 0.25) is 0 Å².